The summed E-state index contributed by atoms with van der Waals surface area (Å²) >= 11 is 5.60. The number of ether oxygens (including phenoxy) is 2. The van der Waals surface area contributed by atoms with Gasteiger partial charge in [0.1, 0.15) is 12.3 Å². The third kappa shape index (κ3) is 5.23. The van der Waals surface area contributed by atoms with Crippen LogP contribution >= 0.6 is 38.5 Å². The van der Waals surface area contributed by atoms with Gasteiger partial charge in [-0.05, 0) is 71.0 Å². The molecule has 0 spiro atoms. The minimum atomic E-state index is -0.458. The van der Waals surface area contributed by atoms with Gasteiger partial charge in [-0.1, -0.05) is 34.1 Å². The summed E-state index contributed by atoms with van der Waals surface area (Å²) in [5.41, 5.74) is 1.97. The predicted molar refractivity (Wildman–Crippen MR) is 127 cm³/mol. The summed E-state index contributed by atoms with van der Waals surface area (Å²) in [6, 6.07) is 11.1. The summed E-state index contributed by atoms with van der Waals surface area (Å²) in [5, 5.41) is 2.60. The molecule has 0 atom stereocenters. The standard InChI is InChI=1S/C22H20BrIN2O4/c1-3-9-26-21(27)18(25-22(26)28)11-15-10-17(24)20(19(12-15)29-4-2)30-13-14-5-7-16(23)8-6-14/h3,5-8,10-12H,1,4,9,13H2,2H3,(H,25,28)/b18-11+. The number of benzene rings is 2. The second-order valence-corrected chi connectivity index (χ2v) is 8.45. The maximum Gasteiger partial charge on any atom is 0.329 e. The summed E-state index contributed by atoms with van der Waals surface area (Å²) in [5.74, 6) is 0.828. The molecule has 1 aliphatic heterocycles. The van der Waals surface area contributed by atoms with E-state index in [0.29, 0.717) is 24.7 Å². The lowest BCUT2D eigenvalue weighted by Crippen LogP contribution is -2.30. The van der Waals surface area contributed by atoms with Gasteiger partial charge in [-0.2, -0.15) is 0 Å². The van der Waals surface area contributed by atoms with Crippen LogP contribution in [0.5, 0.6) is 11.5 Å². The molecule has 0 radical (unpaired) electrons. The fraction of sp³-hybridized carbons (Fsp3) is 0.182. The molecular weight excluding hydrogens is 563 g/mol. The van der Waals surface area contributed by atoms with Crippen molar-refractivity contribution >= 4 is 56.5 Å². The number of hydrogen-bond donors (Lipinski definition) is 1. The van der Waals surface area contributed by atoms with Crippen molar-refractivity contribution in [2.75, 3.05) is 13.2 Å². The highest BCUT2D eigenvalue weighted by Crippen LogP contribution is 2.35. The van der Waals surface area contributed by atoms with Crippen molar-refractivity contribution in [2.45, 2.75) is 13.5 Å². The van der Waals surface area contributed by atoms with Crippen LogP contribution in [0, 0.1) is 3.57 Å². The molecule has 2 aromatic rings. The Labute approximate surface area is 197 Å². The lowest BCUT2D eigenvalue weighted by molar-refractivity contribution is -0.122. The lowest BCUT2D eigenvalue weighted by atomic mass is 10.1. The van der Waals surface area contributed by atoms with Crippen molar-refractivity contribution < 1.29 is 19.1 Å². The number of halogens is 2. The molecule has 0 saturated carbocycles. The molecule has 0 unspecified atom stereocenters. The van der Waals surface area contributed by atoms with Gasteiger partial charge in [0, 0.05) is 11.0 Å². The highest BCUT2D eigenvalue weighted by atomic mass is 127. The van der Waals surface area contributed by atoms with E-state index in [0.717, 1.165) is 24.1 Å². The second-order valence-electron chi connectivity index (χ2n) is 6.37. The fourth-order valence-corrected chi connectivity index (χ4v) is 3.89. The number of rotatable bonds is 8. The van der Waals surface area contributed by atoms with Gasteiger partial charge in [-0.25, -0.2) is 4.79 Å². The number of nitrogens with one attached hydrogen (secondary N) is 1. The van der Waals surface area contributed by atoms with E-state index in [4.69, 9.17) is 9.47 Å². The summed E-state index contributed by atoms with van der Waals surface area (Å²) in [6.07, 6.45) is 3.14. The first-order valence-electron chi connectivity index (χ1n) is 9.22. The van der Waals surface area contributed by atoms with Gasteiger partial charge >= 0.3 is 6.03 Å². The SMILES string of the molecule is C=CCN1C(=O)N/C(=C/c2cc(I)c(OCc3ccc(Br)cc3)c(OCC)c2)C1=O. The molecule has 0 aromatic heterocycles. The smallest absolute Gasteiger partial charge is 0.329 e. The zero-order valence-electron chi connectivity index (χ0n) is 16.3. The van der Waals surface area contributed by atoms with Crippen LogP contribution in [0.25, 0.3) is 6.08 Å². The van der Waals surface area contributed by atoms with Crippen LogP contribution in [-0.4, -0.2) is 30.0 Å². The Kier molecular flexibility index (Phi) is 7.54. The van der Waals surface area contributed by atoms with Gasteiger partial charge in [0.2, 0.25) is 0 Å². The summed E-state index contributed by atoms with van der Waals surface area (Å²) in [6.45, 7) is 6.49. The Morgan fingerprint density at radius 1 is 1.20 bits per heavy atom. The van der Waals surface area contributed by atoms with Crippen LogP contribution in [0.4, 0.5) is 4.79 Å². The molecule has 0 aliphatic carbocycles. The minimum absolute atomic E-state index is 0.159. The maximum absolute atomic E-state index is 12.4. The van der Waals surface area contributed by atoms with Crippen LogP contribution in [0.1, 0.15) is 18.1 Å². The first kappa shape index (κ1) is 22.4. The Balaban J connectivity index is 1.85. The molecular formula is C22H20BrIN2O4. The highest BCUT2D eigenvalue weighted by Gasteiger charge is 2.32. The summed E-state index contributed by atoms with van der Waals surface area (Å²) in [4.78, 5) is 25.5. The fourth-order valence-electron chi connectivity index (χ4n) is 2.84. The second kappa shape index (κ2) is 10.1. The van der Waals surface area contributed by atoms with Gasteiger partial charge in [0.25, 0.3) is 5.91 Å². The normalized spacial score (nSPS) is 14.8. The van der Waals surface area contributed by atoms with Crippen molar-refractivity contribution in [1.82, 2.24) is 10.2 Å². The molecule has 30 heavy (non-hydrogen) atoms. The van der Waals surface area contributed by atoms with Crippen molar-refractivity contribution in [3.63, 3.8) is 0 Å². The Morgan fingerprint density at radius 2 is 1.93 bits per heavy atom. The summed E-state index contributed by atoms with van der Waals surface area (Å²) in [7, 11) is 0. The molecule has 2 aromatic carbocycles. The third-order valence-electron chi connectivity index (χ3n) is 4.21. The molecule has 0 bridgehead atoms. The Hall–Kier alpha value is -2.33. The first-order valence-corrected chi connectivity index (χ1v) is 11.1. The molecule has 156 valence electrons. The average molecular weight is 583 g/mol. The monoisotopic (exact) mass is 582 g/mol. The van der Waals surface area contributed by atoms with E-state index in [1.54, 1.807) is 12.1 Å². The summed E-state index contributed by atoms with van der Waals surface area (Å²) < 4.78 is 13.7. The molecule has 3 amide bonds. The number of imide groups is 1. The van der Waals surface area contributed by atoms with Gasteiger partial charge in [0.05, 0.1) is 10.2 Å². The molecule has 6 nitrogen and oxygen atoms in total. The van der Waals surface area contributed by atoms with Gasteiger partial charge in [-0.3, -0.25) is 9.69 Å². The van der Waals surface area contributed by atoms with E-state index in [9.17, 15) is 9.59 Å². The number of hydrogen-bond acceptors (Lipinski definition) is 4. The van der Waals surface area contributed by atoms with Gasteiger partial charge in [0.15, 0.2) is 11.5 Å². The molecule has 1 fully saturated rings. The number of carbonyl (C=O) groups excluding carboxylic acids is 2. The molecule has 1 saturated heterocycles. The number of amides is 3. The van der Waals surface area contributed by atoms with Crippen molar-refractivity contribution in [3.8, 4) is 11.5 Å². The topological polar surface area (TPSA) is 67.9 Å². The molecule has 1 aliphatic rings. The van der Waals surface area contributed by atoms with Crippen LogP contribution < -0.4 is 14.8 Å². The molecule has 1 heterocycles. The average Bonchev–Trinajstić information content (AvgIpc) is 2.97. The predicted octanol–water partition coefficient (Wildman–Crippen LogP) is 5.11. The van der Waals surface area contributed by atoms with Crippen molar-refractivity contribution in [1.29, 1.82) is 0 Å². The molecule has 3 rings (SSSR count). The van der Waals surface area contributed by atoms with E-state index in [1.165, 1.54) is 6.08 Å². The number of carbonyl (C=O) groups is 2. The van der Waals surface area contributed by atoms with E-state index < -0.39 is 6.03 Å². The van der Waals surface area contributed by atoms with Gasteiger partial charge in [-0.15, -0.1) is 6.58 Å². The lowest BCUT2D eigenvalue weighted by Gasteiger charge is -2.15. The Bertz CT molecular complexity index is 1000. The van der Waals surface area contributed by atoms with E-state index in [-0.39, 0.29) is 18.1 Å². The van der Waals surface area contributed by atoms with Crippen molar-refractivity contribution in [2.24, 2.45) is 0 Å². The minimum Gasteiger partial charge on any atom is -0.490 e. The largest absolute Gasteiger partial charge is 0.490 e. The van der Waals surface area contributed by atoms with E-state index in [2.05, 4.69) is 50.4 Å². The van der Waals surface area contributed by atoms with Crippen LogP contribution in [0.15, 0.2) is 59.2 Å². The highest BCUT2D eigenvalue weighted by molar-refractivity contribution is 14.1. The van der Waals surface area contributed by atoms with Crippen LogP contribution in [0.3, 0.4) is 0 Å². The third-order valence-corrected chi connectivity index (χ3v) is 5.54. The first-order chi connectivity index (χ1) is 14.4. The zero-order chi connectivity index (χ0) is 21.7. The van der Waals surface area contributed by atoms with Crippen molar-refractivity contribution in [3.05, 3.63) is 73.9 Å². The zero-order valence-corrected chi connectivity index (χ0v) is 20.0. The quantitative estimate of drug-likeness (QED) is 0.203. The van der Waals surface area contributed by atoms with E-state index in [1.807, 2.05) is 37.3 Å². The molecule has 8 heteroatoms. The van der Waals surface area contributed by atoms with Crippen LogP contribution in [-0.2, 0) is 11.4 Å². The van der Waals surface area contributed by atoms with Crippen LogP contribution in [0.2, 0.25) is 0 Å². The Morgan fingerprint density at radius 3 is 2.60 bits per heavy atom. The maximum atomic E-state index is 12.4. The molecule has 1 N–H and O–H groups in total. The van der Waals surface area contributed by atoms with Gasteiger partial charge < -0.3 is 14.8 Å². The number of nitrogens with zero attached hydrogens (tertiary/aromatic N) is 1. The number of urea groups is 1. The van der Waals surface area contributed by atoms with E-state index >= 15 is 0 Å².